The SMILES string of the molecule is CCOC(=O)C1=C(CS(=O)(=O)c2ccc(C)c(C)c2)NC(=O)NC1c1ccccc1C. The molecule has 2 aromatic carbocycles. The number of esters is 1. The van der Waals surface area contributed by atoms with Crippen molar-refractivity contribution in [2.45, 2.75) is 38.6 Å². The maximum Gasteiger partial charge on any atom is 0.338 e. The van der Waals surface area contributed by atoms with Gasteiger partial charge in [-0.25, -0.2) is 18.0 Å². The Hall–Kier alpha value is -3.13. The number of carbonyl (C=O) groups excluding carboxylic acids is 2. The average molecular weight is 443 g/mol. The fourth-order valence-electron chi connectivity index (χ4n) is 3.51. The summed E-state index contributed by atoms with van der Waals surface area (Å²) < 4.78 is 31.5. The molecule has 8 heteroatoms. The number of hydrogen-bond acceptors (Lipinski definition) is 5. The molecule has 1 heterocycles. The molecule has 31 heavy (non-hydrogen) atoms. The van der Waals surface area contributed by atoms with Gasteiger partial charge in [-0.2, -0.15) is 0 Å². The third-order valence-corrected chi connectivity index (χ3v) is 6.96. The van der Waals surface area contributed by atoms with Crippen LogP contribution in [0.3, 0.4) is 0 Å². The number of nitrogens with one attached hydrogen (secondary N) is 2. The highest BCUT2D eigenvalue weighted by atomic mass is 32.2. The van der Waals surface area contributed by atoms with Crippen LogP contribution in [-0.4, -0.2) is 32.8 Å². The summed E-state index contributed by atoms with van der Waals surface area (Å²) in [6.45, 7) is 7.37. The second-order valence-electron chi connectivity index (χ2n) is 7.51. The Morgan fingerprint density at radius 1 is 1.03 bits per heavy atom. The molecule has 1 atom stereocenters. The number of urea groups is 1. The topological polar surface area (TPSA) is 102 Å². The van der Waals surface area contributed by atoms with Crippen LogP contribution in [0, 0.1) is 20.8 Å². The Bertz CT molecular complexity index is 1170. The molecule has 1 aliphatic rings. The van der Waals surface area contributed by atoms with E-state index in [1.807, 2.05) is 32.9 Å². The van der Waals surface area contributed by atoms with E-state index in [0.717, 1.165) is 16.7 Å². The van der Waals surface area contributed by atoms with Crippen molar-refractivity contribution >= 4 is 21.8 Å². The lowest BCUT2D eigenvalue weighted by Gasteiger charge is -2.30. The Morgan fingerprint density at radius 2 is 1.74 bits per heavy atom. The molecule has 0 aromatic heterocycles. The van der Waals surface area contributed by atoms with E-state index >= 15 is 0 Å². The third kappa shape index (κ3) is 4.80. The third-order valence-electron chi connectivity index (χ3n) is 5.32. The lowest BCUT2D eigenvalue weighted by atomic mass is 9.92. The van der Waals surface area contributed by atoms with Crippen LogP contribution in [-0.2, 0) is 19.4 Å². The number of amides is 2. The van der Waals surface area contributed by atoms with E-state index < -0.39 is 33.6 Å². The van der Waals surface area contributed by atoms with E-state index in [4.69, 9.17) is 4.74 Å². The molecule has 0 spiro atoms. The Balaban J connectivity index is 2.13. The molecule has 0 bridgehead atoms. The Labute approximate surface area is 182 Å². The minimum absolute atomic E-state index is 0.0219. The predicted octanol–water partition coefficient (Wildman–Crippen LogP) is 3.26. The number of ether oxygens (including phenoxy) is 1. The molecule has 7 nitrogen and oxygen atoms in total. The first-order valence-electron chi connectivity index (χ1n) is 9.97. The zero-order valence-electron chi connectivity index (χ0n) is 18.0. The highest BCUT2D eigenvalue weighted by Crippen LogP contribution is 2.31. The standard InChI is InChI=1S/C23H26N2O5S/c1-5-30-22(26)20-19(13-31(28,29)17-11-10-14(2)16(4)12-17)24-23(27)25-21(20)18-9-7-6-8-15(18)3/h6-12,21H,5,13H2,1-4H3,(H2,24,25,27). The second kappa shape index (κ2) is 8.93. The summed E-state index contributed by atoms with van der Waals surface area (Å²) in [7, 11) is -3.83. The molecule has 164 valence electrons. The molecule has 0 saturated heterocycles. The summed E-state index contributed by atoms with van der Waals surface area (Å²) >= 11 is 0. The van der Waals surface area contributed by atoms with Gasteiger partial charge in [0, 0.05) is 5.70 Å². The number of carbonyl (C=O) groups is 2. The van der Waals surface area contributed by atoms with Gasteiger partial charge in [0.2, 0.25) is 0 Å². The molecule has 2 N–H and O–H groups in total. The van der Waals surface area contributed by atoms with Crippen molar-refractivity contribution in [3.05, 3.63) is 76.0 Å². The van der Waals surface area contributed by atoms with E-state index in [2.05, 4.69) is 10.6 Å². The van der Waals surface area contributed by atoms with Gasteiger partial charge in [-0.05, 0) is 62.1 Å². The van der Waals surface area contributed by atoms with Crippen molar-refractivity contribution in [1.29, 1.82) is 0 Å². The van der Waals surface area contributed by atoms with Crippen LogP contribution in [0.25, 0.3) is 0 Å². The van der Waals surface area contributed by atoms with E-state index in [-0.39, 0.29) is 22.8 Å². The summed E-state index contributed by atoms with van der Waals surface area (Å²) in [6, 6.07) is 10.8. The maximum atomic E-state index is 13.1. The van der Waals surface area contributed by atoms with E-state index in [9.17, 15) is 18.0 Å². The molecule has 2 aromatic rings. The molecular formula is C23H26N2O5S. The number of benzene rings is 2. The molecule has 1 unspecified atom stereocenters. The summed E-state index contributed by atoms with van der Waals surface area (Å²) in [5, 5.41) is 5.26. The minimum Gasteiger partial charge on any atom is -0.463 e. The smallest absolute Gasteiger partial charge is 0.338 e. The quantitative estimate of drug-likeness (QED) is 0.669. The van der Waals surface area contributed by atoms with Crippen LogP contribution in [0.4, 0.5) is 4.79 Å². The van der Waals surface area contributed by atoms with Gasteiger partial charge < -0.3 is 15.4 Å². The minimum atomic E-state index is -3.83. The van der Waals surface area contributed by atoms with Gasteiger partial charge >= 0.3 is 12.0 Å². The number of rotatable bonds is 6. The maximum absolute atomic E-state index is 13.1. The molecule has 2 amide bonds. The summed E-state index contributed by atoms with van der Waals surface area (Å²) in [5.74, 6) is -1.20. The van der Waals surface area contributed by atoms with E-state index in [1.54, 1.807) is 31.2 Å². The highest BCUT2D eigenvalue weighted by Gasteiger charge is 2.36. The van der Waals surface area contributed by atoms with Crippen molar-refractivity contribution in [2.75, 3.05) is 12.4 Å². The van der Waals surface area contributed by atoms with Crippen molar-refractivity contribution in [2.24, 2.45) is 0 Å². The lowest BCUT2D eigenvalue weighted by molar-refractivity contribution is -0.139. The van der Waals surface area contributed by atoms with Crippen LogP contribution >= 0.6 is 0 Å². The second-order valence-corrected chi connectivity index (χ2v) is 9.50. The lowest BCUT2D eigenvalue weighted by Crippen LogP contribution is -2.47. The number of sulfone groups is 1. The average Bonchev–Trinajstić information content (AvgIpc) is 2.69. The molecule has 3 rings (SSSR count). The largest absolute Gasteiger partial charge is 0.463 e. The highest BCUT2D eigenvalue weighted by molar-refractivity contribution is 7.91. The fraction of sp³-hybridized carbons (Fsp3) is 0.304. The first-order valence-corrected chi connectivity index (χ1v) is 11.6. The van der Waals surface area contributed by atoms with Crippen molar-refractivity contribution in [1.82, 2.24) is 10.6 Å². The summed E-state index contributed by atoms with van der Waals surface area (Å²) in [5.41, 5.74) is 3.47. The van der Waals surface area contributed by atoms with E-state index in [0.29, 0.717) is 5.56 Å². The van der Waals surface area contributed by atoms with Gasteiger partial charge in [0.1, 0.15) is 0 Å². The van der Waals surface area contributed by atoms with Gasteiger partial charge in [0.15, 0.2) is 9.84 Å². The Morgan fingerprint density at radius 3 is 2.39 bits per heavy atom. The zero-order valence-corrected chi connectivity index (χ0v) is 18.8. The zero-order chi connectivity index (χ0) is 22.8. The molecule has 0 aliphatic carbocycles. The van der Waals surface area contributed by atoms with Crippen molar-refractivity contribution < 1.29 is 22.7 Å². The molecule has 0 radical (unpaired) electrons. The van der Waals surface area contributed by atoms with Gasteiger partial charge in [0.25, 0.3) is 0 Å². The molecule has 1 aliphatic heterocycles. The predicted molar refractivity (Wildman–Crippen MR) is 117 cm³/mol. The monoisotopic (exact) mass is 442 g/mol. The van der Waals surface area contributed by atoms with Crippen LogP contribution in [0.2, 0.25) is 0 Å². The Kier molecular flexibility index (Phi) is 6.50. The first kappa shape index (κ1) is 22.6. The van der Waals surface area contributed by atoms with Gasteiger partial charge in [-0.3, -0.25) is 0 Å². The molecule has 0 saturated carbocycles. The number of hydrogen-bond donors (Lipinski definition) is 2. The van der Waals surface area contributed by atoms with Crippen molar-refractivity contribution in [3.8, 4) is 0 Å². The van der Waals surface area contributed by atoms with Gasteiger partial charge in [-0.15, -0.1) is 0 Å². The molecular weight excluding hydrogens is 416 g/mol. The van der Waals surface area contributed by atoms with Crippen LogP contribution < -0.4 is 10.6 Å². The fourth-order valence-corrected chi connectivity index (χ4v) is 4.91. The van der Waals surface area contributed by atoms with E-state index in [1.165, 1.54) is 6.07 Å². The van der Waals surface area contributed by atoms with Crippen LogP contribution in [0.5, 0.6) is 0 Å². The normalized spacial score (nSPS) is 16.5. The first-order chi connectivity index (χ1) is 14.6. The summed E-state index contributed by atoms with van der Waals surface area (Å²) in [4.78, 5) is 25.4. The van der Waals surface area contributed by atoms with Gasteiger partial charge in [-0.1, -0.05) is 30.3 Å². The van der Waals surface area contributed by atoms with Crippen molar-refractivity contribution in [3.63, 3.8) is 0 Å². The summed E-state index contributed by atoms with van der Waals surface area (Å²) in [6.07, 6.45) is 0. The van der Waals surface area contributed by atoms with Crippen LogP contribution in [0.15, 0.2) is 58.6 Å². The molecule has 0 fully saturated rings. The van der Waals surface area contributed by atoms with Gasteiger partial charge in [0.05, 0.1) is 28.9 Å². The number of aryl methyl sites for hydroxylation is 3. The van der Waals surface area contributed by atoms with Crippen LogP contribution in [0.1, 0.15) is 35.2 Å².